The minimum atomic E-state index is -0.976. The van der Waals surface area contributed by atoms with Crippen molar-refractivity contribution < 1.29 is 24.2 Å². The maximum absolute atomic E-state index is 12.7. The molecule has 0 unspecified atom stereocenters. The highest BCUT2D eigenvalue weighted by molar-refractivity contribution is 5.92. The van der Waals surface area contributed by atoms with Crippen molar-refractivity contribution in [1.29, 1.82) is 0 Å². The van der Waals surface area contributed by atoms with E-state index in [4.69, 9.17) is 20.3 Å². The average Bonchev–Trinajstić information content (AvgIpc) is 4.10. The number of nitrogens with one attached hydrogen (secondary N) is 1. The first kappa shape index (κ1) is 38.1. The Morgan fingerprint density at radius 1 is 0.667 bits per heavy atom. The zero-order valence-corrected chi connectivity index (χ0v) is 31.9. The van der Waals surface area contributed by atoms with Gasteiger partial charge in [0.15, 0.2) is 17.3 Å². The molecule has 4 aliphatic rings. The van der Waals surface area contributed by atoms with Gasteiger partial charge in [-0.15, -0.1) is 0 Å². The Bertz CT molecular complexity index is 2250. The van der Waals surface area contributed by atoms with Crippen LogP contribution >= 0.6 is 0 Å². The van der Waals surface area contributed by atoms with E-state index in [2.05, 4.69) is 56.2 Å². The standard InChI is InChI=1S/C20H24N6O2.C11H14N4.C9H12N2O3/c27-20(17-4-10-26(23-17)16-5-12-28-13-6-16)22-15-3-9-25(14-15)19-18-2-1-8-24(18)11-7-21-19;12-9-3-6-15(8-9)11-10-2-1-5-14(10)7-4-13-11;12-9(13)8-1-4-11(10-8)7-2-5-14-6-3-7/h1-2,4,7-8,10-11,15-16H,3,5-6,9,12-14H2,(H,22,27);1-2,4-5,7,9H,3,6,8,12H2;1,4,7H,2-3,5-6H2,(H,12,13)/t15-;9-;/m00./s1. The van der Waals surface area contributed by atoms with Crippen molar-refractivity contribution in [1.82, 2.24) is 43.6 Å². The van der Waals surface area contributed by atoms with Gasteiger partial charge >= 0.3 is 5.97 Å². The van der Waals surface area contributed by atoms with Crippen LogP contribution in [0.3, 0.4) is 0 Å². The molecule has 4 N–H and O–H groups in total. The van der Waals surface area contributed by atoms with Gasteiger partial charge in [-0.3, -0.25) is 14.2 Å². The van der Waals surface area contributed by atoms with Gasteiger partial charge in [0.05, 0.1) is 23.1 Å². The Morgan fingerprint density at radius 2 is 1.19 bits per heavy atom. The van der Waals surface area contributed by atoms with E-state index in [1.165, 1.54) is 6.07 Å². The predicted molar refractivity (Wildman–Crippen MR) is 213 cm³/mol. The number of carbonyl (C=O) groups excluding carboxylic acids is 1. The molecule has 4 fully saturated rings. The molecule has 17 heteroatoms. The first-order chi connectivity index (χ1) is 27.9. The Labute approximate surface area is 330 Å². The summed E-state index contributed by atoms with van der Waals surface area (Å²) in [6, 6.07) is 12.5. The van der Waals surface area contributed by atoms with Gasteiger partial charge in [-0.1, -0.05) is 0 Å². The number of amides is 1. The first-order valence-corrected chi connectivity index (χ1v) is 19.8. The molecule has 0 bridgehead atoms. The average molecular weight is 779 g/mol. The molecular weight excluding hydrogens is 729 g/mol. The predicted octanol–water partition coefficient (Wildman–Crippen LogP) is 3.70. The smallest absolute Gasteiger partial charge is 0.356 e. The SMILES string of the molecule is N[C@H]1CCN(c2nccn3cccc23)C1.O=C(N[C@H]1CCN(c2nccn3cccc23)C1)c1ccn(C2CCOCC2)n1.O=C(O)c1ccn(C2CCOCC2)n1. The van der Waals surface area contributed by atoms with Gasteiger partial charge in [-0.05, 0) is 74.9 Å². The molecule has 6 aromatic heterocycles. The normalized spacial score (nSPS) is 20.3. The summed E-state index contributed by atoms with van der Waals surface area (Å²) in [6.45, 7) is 6.53. The second-order valence-corrected chi connectivity index (χ2v) is 14.9. The van der Waals surface area contributed by atoms with Crippen LogP contribution in [0, 0.1) is 0 Å². The van der Waals surface area contributed by atoms with Gasteiger partial charge in [0, 0.05) is 114 Å². The monoisotopic (exact) mass is 778 g/mol. The lowest BCUT2D eigenvalue weighted by molar-refractivity contribution is 0.0644. The highest BCUT2D eigenvalue weighted by atomic mass is 16.5. The lowest BCUT2D eigenvalue weighted by atomic mass is 10.1. The maximum Gasteiger partial charge on any atom is 0.356 e. The van der Waals surface area contributed by atoms with Crippen LogP contribution in [0.4, 0.5) is 11.6 Å². The molecule has 4 saturated heterocycles. The summed E-state index contributed by atoms with van der Waals surface area (Å²) < 4.78 is 18.4. The van der Waals surface area contributed by atoms with Gasteiger partial charge in [0.25, 0.3) is 5.91 Å². The van der Waals surface area contributed by atoms with E-state index < -0.39 is 5.97 Å². The number of carboxylic acid groups (broad SMARTS) is 1. The molecule has 0 radical (unpaired) electrons. The van der Waals surface area contributed by atoms with Crippen LogP contribution in [-0.4, -0.2) is 120 Å². The van der Waals surface area contributed by atoms with Crippen LogP contribution in [-0.2, 0) is 9.47 Å². The molecule has 0 spiro atoms. The summed E-state index contributed by atoms with van der Waals surface area (Å²) in [6.07, 6.45) is 20.9. The fraction of sp³-hybridized carbons (Fsp3) is 0.450. The third kappa shape index (κ3) is 8.95. The number of nitrogens with two attached hydrogens (primary N) is 1. The van der Waals surface area contributed by atoms with Crippen LogP contribution in [0.5, 0.6) is 0 Å². The van der Waals surface area contributed by atoms with Crippen LogP contribution < -0.4 is 20.9 Å². The topological polar surface area (TPSA) is 188 Å². The molecule has 6 aromatic rings. The first-order valence-electron chi connectivity index (χ1n) is 19.8. The highest BCUT2D eigenvalue weighted by Crippen LogP contribution is 2.25. The van der Waals surface area contributed by atoms with Crippen molar-refractivity contribution in [3.63, 3.8) is 0 Å². The van der Waals surface area contributed by atoms with Crippen LogP contribution in [0.25, 0.3) is 11.0 Å². The van der Waals surface area contributed by atoms with E-state index in [1.54, 1.807) is 16.9 Å². The van der Waals surface area contributed by atoms with Crippen molar-refractivity contribution in [3.05, 3.63) is 97.4 Å². The number of ether oxygens (including phenoxy) is 2. The van der Waals surface area contributed by atoms with Gasteiger partial charge < -0.3 is 44.2 Å². The van der Waals surface area contributed by atoms with Crippen molar-refractivity contribution in [2.45, 2.75) is 62.7 Å². The number of hydrogen-bond donors (Lipinski definition) is 3. The second kappa shape index (κ2) is 17.6. The summed E-state index contributed by atoms with van der Waals surface area (Å²) in [5.41, 5.74) is 8.74. The quantitative estimate of drug-likeness (QED) is 0.214. The molecule has 10 heterocycles. The molecular formula is C40H50N12O5. The number of carboxylic acids is 1. The van der Waals surface area contributed by atoms with E-state index in [0.29, 0.717) is 17.8 Å². The number of anilines is 2. The van der Waals surface area contributed by atoms with Gasteiger partial charge in [0.1, 0.15) is 5.69 Å². The van der Waals surface area contributed by atoms with Crippen molar-refractivity contribution in [3.8, 4) is 0 Å². The number of rotatable bonds is 7. The summed E-state index contributed by atoms with van der Waals surface area (Å²) >= 11 is 0. The fourth-order valence-corrected chi connectivity index (χ4v) is 7.92. The molecule has 2 atom stereocenters. The Balaban J connectivity index is 0.000000132. The zero-order valence-electron chi connectivity index (χ0n) is 31.9. The largest absolute Gasteiger partial charge is 0.476 e. The van der Waals surface area contributed by atoms with E-state index in [-0.39, 0.29) is 23.7 Å². The molecule has 57 heavy (non-hydrogen) atoms. The minimum absolute atomic E-state index is 0.0951. The number of aromatic carboxylic acids is 1. The van der Waals surface area contributed by atoms with Crippen LogP contribution in [0.15, 0.2) is 86.0 Å². The lowest BCUT2D eigenvalue weighted by Crippen LogP contribution is -2.37. The Hall–Kier alpha value is -5.78. The third-order valence-corrected chi connectivity index (χ3v) is 11.0. The molecule has 300 valence electrons. The molecule has 4 aliphatic heterocycles. The number of carbonyl (C=O) groups is 2. The molecule has 17 nitrogen and oxygen atoms in total. The Morgan fingerprint density at radius 3 is 1.72 bits per heavy atom. The molecule has 10 rings (SSSR count). The highest BCUT2D eigenvalue weighted by Gasteiger charge is 2.28. The summed E-state index contributed by atoms with van der Waals surface area (Å²) in [7, 11) is 0. The van der Waals surface area contributed by atoms with E-state index in [9.17, 15) is 9.59 Å². The summed E-state index contributed by atoms with van der Waals surface area (Å²) in [4.78, 5) is 36.8. The van der Waals surface area contributed by atoms with Crippen molar-refractivity contribution >= 4 is 34.5 Å². The van der Waals surface area contributed by atoms with E-state index in [1.807, 2.05) is 60.2 Å². The summed E-state index contributed by atoms with van der Waals surface area (Å²) in [5, 5.41) is 20.3. The fourth-order valence-electron chi connectivity index (χ4n) is 7.92. The van der Waals surface area contributed by atoms with Gasteiger partial charge in [0.2, 0.25) is 0 Å². The number of nitrogens with zero attached hydrogens (tertiary/aromatic N) is 10. The van der Waals surface area contributed by atoms with Gasteiger partial charge in [-0.2, -0.15) is 10.2 Å². The van der Waals surface area contributed by atoms with Crippen LogP contribution in [0.1, 0.15) is 71.6 Å². The van der Waals surface area contributed by atoms with E-state index >= 15 is 0 Å². The third-order valence-electron chi connectivity index (χ3n) is 11.0. The van der Waals surface area contributed by atoms with Gasteiger partial charge in [-0.25, -0.2) is 14.8 Å². The van der Waals surface area contributed by atoms with E-state index in [0.717, 1.165) is 114 Å². The zero-order chi connectivity index (χ0) is 39.1. The summed E-state index contributed by atoms with van der Waals surface area (Å²) in [5.74, 6) is 0.936. The minimum Gasteiger partial charge on any atom is -0.476 e. The molecule has 0 aliphatic carbocycles. The molecule has 1 amide bonds. The number of fused-ring (bicyclic) bond motifs is 2. The number of aromatic nitrogens is 8. The second-order valence-electron chi connectivity index (χ2n) is 14.9. The van der Waals surface area contributed by atoms with Crippen LogP contribution in [0.2, 0.25) is 0 Å². The maximum atomic E-state index is 12.7. The lowest BCUT2D eigenvalue weighted by Gasteiger charge is -2.22. The van der Waals surface area contributed by atoms with Crippen molar-refractivity contribution in [2.24, 2.45) is 5.73 Å². The molecule has 0 saturated carbocycles. The number of hydrogen-bond acceptors (Lipinski definition) is 11. The Kier molecular flexibility index (Phi) is 11.7. The molecule has 0 aromatic carbocycles. The van der Waals surface area contributed by atoms with Crippen molar-refractivity contribution in [2.75, 3.05) is 62.4 Å².